The normalized spacial score (nSPS) is 11.3. The van der Waals surface area contributed by atoms with Crippen LogP contribution < -0.4 is 21.1 Å². The van der Waals surface area contributed by atoms with Crippen LogP contribution in [0.15, 0.2) is 24.3 Å². The predicted octanol–water partition coefficient (Wildman–Crippen LogP) is 0.535. The van der Waals surface area contributed by atoms with Crippen molar-refractivity contribution in [3.8, 4) is 5.75 Å². The highest BCUT2D eigenvalue weighted by Crippen LogP contribution is 2.16. The zero-order valence-corrected chi connectivity index (χ0v) is 11.5. The Morgan fingerprint density at radius 2 is 2.10 bits per heavy atom. The molecule has 0 saturated carbocycles. The average Bonchev–Trinajstić information content (AvgIpc) is 2.43. The molecular formula is C13H17N3O5. The lowest BCUT2D eigenvalue weighted by molar-refractivity contribution is -0.139. The molecule has 8 nitrogen and oxygen atoms in total. The van der Waals surface area contributed by atoms with E-state index in [4.69, 9.17) is 15.6 Å². The molecule has 0 aromatic heterocycles. The summed E-state index contributed by atoms with van der Waals surface area (Å²) in [6, 6.07) is 4.70. The number of hydrogen-bond donors (Lipinski definition) is 4. The number of anilines is 1. The minimum Gasteiger partial charge on any atom is -0.497 e. The van der Waals surface area contributed by atoms with Gasteiger partial charge in [-0.15, -0.1) is 0 Å². The van der Waals surface area contributed by atoms with Crippen molar-refractivity contribution in [2.45, 2.75) is 18.9 Å². The van der Waals surface area contributed by atoms with Gasteiger partial charge in [-0.05, 0) is 18.6 Å². The van der Waals surface area contributed by atoms with Gasteiger partial charge in [0.05, 0.1) is 7.11 Å². The number of carbonyl (C=O) groups excluding carboxylic acids is 2. The van der Waals surface area contributed by atoms with Gasteiger partial charge in [-0.1, -0.05) is 6.07 Å². The Labute approximate surface area is 121 Å². The van der Waals surface area contributed by atoms with E-state index in [0.717, 1.165) is 0 Å². The first kappa shape index (κ1) is 16.3. The third kappa shape index (κ3) is 5.81. The summed E-state index contributed by atoms with van der Waals surface area (Å²) in [5.41, 5.74) is 5.40. The van der Waals surface area contributed by atoms with Gasteiger partial charge in [-0.2, -0.15) is 0 Å². The molecule has 21 heavy (non-hydrogen) atoms. The molecule has 1 aromatic rings. The van der Waals surface area contributed by atoms with Crippen LogP contribution in [0.25, 0.3) is 0 Å². The molecule has 5 N–H and O–H groups in total. The number of hydrogen-bond acceptors (Lipinski definition) is 4. The van der Waals surface area contributed by atoms with E-state index in [1.165, 1.54) is 7.11 Å². The largest absolute Gasteiger partial charge is 0.497 e. The van der Waals surface area contributed by atoms with Crippen molar-refractivity contribution in [2.75, 3.05) is 12.4 Å². The van der Waals surface area contributed by atoms with E-state index in [1.54, 1.807) is 24.3 Å². The van der Waals surface area contributed by atoms with E-state index >= 15 is 0 Å². The van der Waals surface area contributed by atoms with Gasteiger partial charge >= 0.3 is 12.0 Å². The van der Waals surface area contributed by atoms with E-state index in [-0.39, 0.29) is 12.8 Å². The molecule has 1 rings (SSSR count). The number of methoxy groups -OCH3 is 1. The van der Waals surface area contributed by atoms with E-state index in [9.17, 15) is 14.4 Å². The van der Waals surface area contributed by atoms with Crippen LogP contribution in [0.2, 0.25) is 0 Å². The molecule has 0 bridgehead atoms. The summed E-state index contributed by atoms with van der Waals surface area (Å²) >= 11 is 0. The van der Waals surface area contributed by atoms with Crippen LogP contribution in [0.1, 0.15) is 12.8 Å². The third-order valence-electron chi connectivity index (χ3n) is 2.61. The number of aliphatic carboxylic acids is 1. The summed E-state index contributed by atoms with van der Waals surface area (Å²) in [6.45, 7) is 0. The molecule has 0 unspecified atom stereocenters. The van der Waals surface area contributed by atoms with Crippen LogP contribution in [-0.4, -0.2) is 36.2 Å². The van der Waals surface area contributed by atoms with Gasteiger partial charge in [-0.25, -0.2) is 9.59 Å². The Morgan fingerprint density at radius 1 is 1.38 bits per heavy atom. The fourth-order valence-electron chi connectivity index (χ4n) is 1.57. The lowest BCUT2D eigenvalue weighted by Gasteiger charge is -2.14. The smallest absolute Gasteiger partial charge is 0.326 e. The molecule has 8 heteroatoms. The fourth-order valence-corrected chi connectivity index (χ4v) is 1.57. The first-order valence-electron chi connectivity index (χ1n) is 6.15. The number of benzene rings is 1. The number of urea groups is 1. The lowest BCUT2D eigenvalue weighted by Crippen LogP contribution is -2.43. The van der Waals surface area contributed by atoms with E-state index in [1.807, 2.05) is 0 Å². The van der Waals surface area contributed by atoms with Crippen LogP contribution in [0.3, 0.4) is 0 Å². The Hall–Kier alpha value is -2.77. The molecule has 0 radical (unpaired) electrons. The molecular weight excluding hydrogens is 278 g/mol. The number of nitrogens with one attached hydrogen (secondary N) is 2. The second kappa shape index (κ2) is 7.73. The monoisotopic (exact) mass is 295 g/mol. The average molecular weight is 295 g/mol. The number of nitrogens with two attached hydrogens (primary N) is 1. The molecule has 0 spiro atoms. The van der Waals surface area contributed by atoms with E-state index in [2.05, 4.69) is 10.6 Å². The predicted molar refractivity (Wildman–Crippen MR) is 75.0 cm³/mol. The van der Waals surface area contributed by atoms with Gasteiger partial charge in [-0.3, -0.25) is 4.79 Å². The van der Waals surface area contributed by atoms with Crippen LogP contribution in [0, 0.1) is 0 Å². The zero-order valence-electron chi connectivity index (χ0n) is 11.5. The Morgan fingerprint density at radius 3 is 2.67 bits per heavy atom. The van der Waals surface area contributed by atoms with Crippen molar-refractivity contribution in [3.63, 3.8) is 0 Å². The van der Waals surface area contributed by atoms with E-state index < -0.39 is 23.9 Å². The molecule has 0 heterocycles. The summed E-state index contributed by atoms with van der Waals surface area (Å²) in [5, 5.41) is 13.7. The second-order valence-corrected chi connectivity index (χ2v) is 4.23. The maximum absolute atomic E-state index is 11.7. The number of carbonyl (C=O) groups is 3. The zero-order chi connectivity index (χ0) is 15.8. The van der Waals surface area contributed by atoms with E-state index in [0.29, 0.717) is 11.4 Å². The highest BCUT2D eigenvalue weighted by molar-refractivity contribution is 5.92. The first-order valence-corrected chi connectivity index (χ1v) is 6.15. The van der Waals surface area contributed by atoms with Crippen molar-refractivity contribution in [3.05, 3.63) is 24.3 Å². The first-order chi connectivity index (χ1) is 9.92. The molecule has 0 aliphatic rings. The molecule has 0 saturated heterocycles. The van der Waals surface area contributed by atoms with Crippen LogP contribution in [-0.2, 0) is 9.59 Å². The van der Waals surface area contributed by atoms with Crippen molar-refractivity contribution in [1.29, 1.82) is 0 Å². The number of carboxylic acid groups (broad SMARTS) is 1. The molecule has 1 atom stereocenters. The number of ether oxygens (including phenoxy) is 1. The Kier molecular flexibility index (Phi) is 5.99. The lowest BCUT2D eigenvalue weighted by atomic mass is 10.1. The number of carboxylic acids is 1. The topological polar surface area (TPSA) is 131 Å². The van der Waals surface area contributed by atoms with Gasteiger partial charge in [0.1, 0.15) is 11.8 Å². The number of amides is 3. The maximum Gasteiger partial charge on any atom is 0.326 e. The number of primary amides is 1. The van der Waals surface area contributed by atoms with Crippen molar-refractivity contribution >= 4 is 23.6 Å². The molecule has 1 aromatic carbocycles. The van der Waals surface area contributed by atoms with Crippen molar-refractivity contribution < 1.29 is 24.2 Å². The third-order valence-corrected chi connectivity index (χ3v) is 2.61. The minimum atomic E-state index is -1.24. The molecule has 0 aliphatic heterocycles. The highest BCUT2D eigenvalue weighted by atomic mass is 16.5. The SMILES string of the molecule is COc1cccc(NC(=O)N[C@@H](CCC(N)=O)C(=O)O)c1. The summed E-state index contributed by atoms with van der Waals surface area (Å²) < 4.78 is 5.00. The van der Waals surface area contributed by atoms with Gasteiger partial charge in [0.15, 0.2) is 0 Å². The summed E-state index contributed by atoms with van der Waals surface area (Å²) in [7, 11) is 1.49. The molecule has 114 valence electrons. The minimum absolute atomic E-state index is 0.0732. The van der Waals surface area contributed by atoms with Gasteiger partial charge in [0.2, 0.25) is 5.91 Å². The molecule has 0 fully saturated rings. The van der Waals surface area contributed by atoms with Crippen molar-refractivity contribution in [1.82, 2.24) is 5.32 Å². The maximum atomic E-state index is 11.7. The number of rotatable bonds is 7. The van der Waals surface area contributed by atoms with Gasteiger partial charge in [0.25, 0.3) is 0 Å². The standard InChI is InChI=1S/C13H17N3O5/c1-21-9-4-2-3-8(7-9)15-13(20)16-10(12(18)19)5-6-11(14)17/h2-4,7,10H,5-6H2,1H3,(H2,14,17)(H,18,19)(H2,15,16,20)/t10-/m0/s1. The highest BCUT2D eigenvalue weighted by Gasteiger charge is 2.20. The Balaban J connectivity index is 2.60. The molecule has 0 aliphatic carbocycles. The van der Waals surface area contributed by atoms with Crippen LogP contribution in [0.4, 0.5) is 10.5 Å². The quantitative estimate of drug-likeness (QED) is 0.583. The van der Waals surface area contributed by atoms with Crippen LogP contribution >= 0.6 is 0 Å². The van der Waals surface area contributed by atoms with Gasteiger partial charge < -0.3 is 26.2 Å². The summed E-state index contributed by atoms with van der Waals surface area (Å²) in [4.78, 5) is 33.4. The summed E-state index contributed by atoms with van der Waals surface area (Å²) in [6.07, 6.45) is -0.202. The van der Waals surface area contributed by atoms with Gasteiger partial charge in [0, 0.05) is 18.2 Å². The Bertz CT molecular complexity index is 532. The van der Waals surface area contributed by atoms with Crippen molar-refractivity contribution in [2.24, 2.45) is 5.73 Å². The molecule has 3 amide bonds. The second-order valence-electron chi connectivity index (χ2n) is 4.23. The summed E-state index contributed by atoms with van der Waals surface area (Å²) in [5.74, 6) is -1.32. The fraction of sp³-hybridized carbons (Fsp3) is 0.308. The van der Waals surface area contributed by atoms with Crippen LogP contribution in [0.5, 0.6) is 5.75 Å².